The van der Waals surface area contributed by atoms with Gasteiger partial charge in [-0.15, -0.1) is 0 Å². The molecule has 1 aromatic heterocycles. The molecule has 0 bridgehead atoms. The Morgan fingerprint density at radius 2 is 2.19 bits per heavy atom. The van der Waals surface area contributed by atoms with Gasteiger partial charge in [-0.25, -0.2) is 9.97 Å². The van der Waals surface area contributed by atoms with Crippen LogP contribution in [0.4, 0.5) is 5.95 Å². The van der Waals surface area contributed by atoms with Crippen LogP contribution in [-0.2, 0) is 0 Å². The van der Waals surface area contributed by atoms with Crippen LogP contribution >= 0.6 is 27.7 Å². The Balaban J connectivity index is 2.30. The number of rotatable bonds is 2. The average molecular weight is 296 g/mol. The molecule has 82 valence electrons. The number of anilines is 1. The second-order valence-corrected chi connectivity index (χ2v) is 5.25. The maximum Gasteiger partial charge on any atom is 0.221 e. The van der Waals surface area contributed by atoms with E-state index in [0.717, 1.165) is 20.0 Å². The van der Waals surface area contributed by atoms with Crippen LogP contribution in [0, 0.1) is 6.92 Å². The maximum atomic E-state index is 5.57. The summed E-state index contributed by atoms with van der Waals surface area (Å²) in [5.41, 5.74) is 6.59. The van der Waals surface area contributed by atoms with Crippen LogP contribution < -0.4 is 5.73 Å². The third kappa shape index (κ3) is 2.74. The van der Waals surface area contributed by atoms with Gasteiger partial charge < -0.3 is 5.73 Å². The maximum absolute atomic E-state index is 5.57. The van der Waals surface area contributed by atoms with Crippen molar-refractivity contribution in [1.82, 2.24) is 9.97 Å². The fourth-order valence-corrected chi connectivity index (χ4v) is 2.64. The molecule has 0 spiro atoms. The van der Waals surface area contributed by atoms with E-state index < -0.39 is 0 Å². The summed E-state index contributed by atoms with van der Waals surface area (Å²) < 4.78 is 1.05. The molecule has 3 nitrogen and oxygen atoms in total. The third-order valence-electron chi connectivity index (χ3n) is 1.95. The van der Waals surface area contributed by atoms with Gasteiger partial charge in [0.05, 0.1) is 0 Å². The number of nitrogen functional groups attached to an aromatic ring is 1. The van der Waals surface area contributed by atoms with Crippen molar-refractivity contribution in [3.8, 4) is 0 Å². The predicted molar refractivity (Wildman–Crippen MR) is 69.4 cm³/mol. The highest BCUT2D eigenvalue weighted by molar-refractivity contribution is 9.10. The molecule has 0 fully saturated rings. The lowest BCUT2D eigenvalue weighted by molar-refractivity contribution is 1.02. The minimum Gasteiger partial charge on any atom is -0.368 e. The van der Waals surface area contributed by atoms with Crippen LogP contribution in [-0.4, -0.2) is 9.97 Å². The lowest BCUT2D eigenvalue weighted by atomic mass is 10.4. The summed E-state index contributed by atoms with van der Waals surface area (Å²) >= 11 is 5.02. The van der Waals surface area contributed by atoms with Gasteiger partial charge in [-0.3, -0.25) is 0 Å². The average Bonchev–Trinajstić information content (AvgIpc) is 2.24. The minimum atomic E-state index is 0.308. The Morgan fingerprint density at radius 1 is 1.38 bits per heavy atom. The van der Waals surface area contributed by atoms with E-state index in [1.165, 1.54) is 0 Å². The van der Waals surface area contributed by atoms with Gasteiger partial charge >= 0.3 is 0 Å². The predicted octanol–water partition coefficient (Wildman–Crippen LogP) is 3.28. The van der Waals surface area contributed by atoms with Gasteiger partial charge in [0.25, 0.3) is 0 Å². The first kappa shape index (κ1) is 11.4. The zero-order chi connectivity index (χ0) is 11.5. The molecule has 0 amide bonds. The first-order chi connectivity index (χ1) is 7.65. The van der Waals surface area contributed by atoms with Crippen LogP contribution in [0.25, 0.3) is 0 Å². The highest BCUT2D eigenvalue weighted by Gasteiger charge is 2.04. The molecule has 5 heteroatoms. The summed E-state index contributed by atoms with van der Waals surface area (Å²) in [5.74, 6) is 0.308. The number of benzene rings is 1. The van der Waals surface area contributed by atoms with Gasteiger partial charge in [0.15, 0.2) is 0 Å². The standard InChI is InChI=1S/C11H10BrN3S/c1-7-6-14-11(13)15-10(7)16-9-4-2-3-8(12)5-9/h2-6H,1H3,(H2,13,14,15). The van der Waals surface area contributed by atoms with E-state index in [1.807, 2.05) is 31.2 Å². The molecule has 0 saturated carbocycles. The van der Waals surface area contributed by atoms with E-state index in [-0.39, 0.29) is 0 Å². The number of hydrogen-bond donors (Lipinski definition) is 1. The second-order valence-electron chi connectivity index (χ2n) is 3.28. The monoisotopic (exact) mass is 295 g/mol. The zero-order valence-electron chi connectivity index (χ0n) is 8.64. The first-order valence-corrected chi connectivity index (χ1v) is 6.28. The molecule has 0 aliphatic carbocycles. The van der Waals surface area contributed by atoms with E-state index in [0.29, 0.717) is 5.95 Å². The van der Waals surface area contributed by atoms with Crippen LogP contribution in [0.1, 0.15) is 5.56 Å². The van der Waals surface area contributed by atoms with Gasteiger partial charge in [-0.2, -0.15) is 0 Å². The molecule has 2 N–H and O–H groups in total. The SMILES string of the molecule is Cc1cnc(N)nc1Sc1cccc(Br)c1. The smallest absolute Gasteiger partial charge is 0.221 e. The van der Waals surface area contributed by atoms with E-state index in [2.05, 4.69) is 25.9 Å². The Morgan fingerprint density at radius 3 is 2.94 bits per heavy atom. The molecule has 2 rings (SSSR count). The van der Waals surface area contributed by atoms with Crippen molar-refractivity contribution in [2.24, 2.45) is 0 Å². The number of aryl methyl sites for hydroxylation is 1. The van der Waals surface area contributed by atoms with Crippen molar-refractivity contribution in [2.75, 3.05) is 5.73 Å². The minimum absolute atomic E-state index is 0.308. The lowest BCUT2D eigenvalue weighted by Crippen LogP contribution is -1.97. The molecule has 16 heavy (non-hydrogen) atoms. The van der Waals surface area contributed by atoms with E-state index in [4.69, 9.17) is 5.73 Å². The summed E-state index contributed by atoms with van der Waals surface area (Å²) in [4.78, 5) is 9.28. The second kappa shape index (κ2) is 4.84. The normalized spacial score (nSPS) is 10.4. The summed E-state index contributed by atoms with van der Waals surface area (Å²) in [6.07, 6.45) is 1.74. The Hall–Kier alpha value is -1.07. The molecule has 1 aromatic carbocycles. The fraction of sp³-hybridized carbons (Fsp3) is 0.0909. The topological polar surface area (TPSA) is 51.8 Å². The lowest BCUT2D eigenvalue weighted by Gasteiger charge is -2.04. The molecule has 0 aliphatic rings. The molecule has 0 radical (unpaired) electrons. The summed E-state index contributed by atoms with van der Waals surface area (Å²) in [7, 11) is 0. The van der Waals surface area contributed by atoms with Crippen LogP contribution in [0.3, 0.4) is 0 Å². The third-order valence-corrected chi connectivity index (χ3v) is 3.54. The Bertz CT molecular complexity index is 516. The highest BCUT2D eigenvalue weighted by Crippen LogP contribution is 2.30. The first-order valence-electron chi connectivity index (χ1n) is 4.67. The van der Waals surface area contributed by atoms with Crippen LogP contribution in [0.2, 0.25) is 0 Å². The fourth-order valence-electron chi connectivity index (χ4n) is 1.18. The molecule has 0 aliphatic heterocycles. The Labute approximate surface area is 107 Å². The van der Waals surface area contributed by atoms with Crippen molar-refractivity contribution in [2.45, 2.75) is 16.8 Å². The summed E-state index contributed by atoms with van der Waals surface area (Å²) in [5, 5.41) is 0.894. The molecule has 0 unspecified atom stereocenters. The molecule has 1 heterocycles. The van der Waals surface area contributed by atoms with Gasteiger partial charge in [0.2, 0.25) is 5.95 Å². The number of nitrogens with two attached hydrogens (primary N) is 1. The molecular weight excluding hydrogens is 286 g/mol. The molecule has 0 saturated heterocycles. The van der Waals surface area contributed by atoms with Crippen LogP contribution in [0.5, 0.6) is 0 Å². The molecular formula is C11H10BrN3S. The quantitative estimate of drug-likeness (QED) is 0.864. The molecule has 2 aromatic rings. The number of aromatic nitrogens is 2. The van der Waals surface area contributed by atoms with Gasteiger partial charge in [-0.05, 0) is 25.1 Å². The number of halogens is 1. The van der Waals surface area contributed by atoms with E-state index in [9.17, 15) is 0 Å². The zero-order valence-corrected chi connectivity index (χ0v) is 11.0. The van der Waals surface area contributed by atoms with Gasteiger partial charge in [0.1, 0.15) is 5.03 Å². The molecule has 0 atom stereocenters. The highest BCUT2D eigenvalue weighted by atomic mass is 79.9. The van der Waals surface area contributed by atoms with Crippen molar-refractivity contribution in [3.63, 3.8) is 0 Å². The summed E-state index contributed by atoms with van der Waals surface area (Å²) in [6, 6.07) is 8.06. The number of hydrogen-bond acceptors (Lipinski definition) is 4. The van der Waals surface area contributed by atoms with Gasteiger partial charge in [-0.1, -0.05) is 33.8 Å². The van der Waals surface area contributed by atoms with Gasteiger partial charge in [0, 0.05) is 21.1 Å². The van der Waals surface area contributed by atoms with Crippen molar-refractivity contribution in [1.29, 1.82) is 0 Å². The summed E-state index contributed by atoms with van der Waals surface area (Å²) in [6.45, 7) is 1.97. The largest absolute Gasteiger partial charge is 0.368 e. The number of nitrogens with zero attached hydrogens (tertiary/aromatic N) is 2. The van der Waals surface area contributed by atoms with E-state index in [1.54, 1.807) is 18.0 Å². The van der Waals surface area contributed by atoms with E-state index >= 15 is 0 Å². The van der Waals surface area contributed by atoms with Crippen molar-refractivity contribution >= 4 is 33.6 Å². The van der Waals surface area contributed by atoms with Crippen molar-refractivity contribution < 1.29 is 0 Å². The van der Waals surface area contributed by atoms with Crippen LogP contribution in [0.15, 0.2) is 44.9 Å². The Kier molecular flexibility index (Phi) is 3.46. The van der Waals surface area contributed by atoms with Crippen molar-refractivity contribution in [3.05, 3.63) is 40.5 Å².